The lowest BCUT2D eigenvalue weighted by Gasteiger charge is -2.17. The Labute approximate surface area is 187 Å². The van der Waals surface area contributed by atoms with Crippen LogP contribution in [0.15, 0.2) is 43.1 Å². The van der Waals surface area contributed by atoms with Gasteiger partial charge in [-0.15, -0.1) is 0 Å². The molecule has 3 aromatic heterocycles. The quantitative estimate of drug-likeness (QED) is 0.382. The Morgan fingerprint density at radius 3 is 2.52 bits per heavy atom. The van der Waals surface area contributed by atoms with Crippen LogP contribution < -0.4 is 10.1 Å². The van der Waals surface area contributed by atoms with Gasteiger partial charge in [0.1, 0.15) is 24.2 Å². The summed E-state index contributed by atoms with van der Waals surface area (Å²) in [6.07, 6.45) is -1.09. The van der Waals surface area contributed by atoms with Crippen molar-refractivity contribution in [1.82, 2.24) is 29.7 Å². The summed E-state index contributed by atoms with van der Waals surface area (Å²) in [6.45, 7) is -1.31. The maximum absolute atomic E-state index is 13.3. The first-order chi connectivity index (χ1) is 15.6. The minimum Gasteiger partial charge on any atom is -0.433 e. The molecule has 0 radical (unpaired) electrons. The Hall–Kier alpha value is -3.61. The molecule has 8 nitrogen and oxygen atoms in total. The molecule has 172 valence electrons. The first-order valence-electron chi connectivity index (χ1n) is 9.22. The molecule has 4 aromatic rings. The van der Waals surface area contributed by atoms with Gasteiger partial charge in [0.15, 0.2) is 11.6 Å². The minimum atomic E-state index is -4.61. The minimum absolute atomic E-state index is 0.0712. The van der Waals surface area contributed by atoms with Crippen LogP contribution in [-0.2, 0) is 6.18 Å². The molecule has 3 heterocycles. The molecule has 0 aliphatic heterocycles. The maximum atomic E-state index is 13.3. The Balaban J connectivity index is 1.66. The van der Waals surface area contributed by atoms with Crippen molar-refractivity contribution in [2.75, 3.05) is 5.32 Å². The number of nitrogens with zero attached hydrogens (tertiary/aromatic N) is 6. The van der Waals surface area contributed by atoms with Gasteiger partial charge in [-0.1, -0.05) is 11.6 Å². The Morgan fingerprint density at radius 1 is 1.06 bits per heavy atom. The smallest absolute Gasteiger partial charge is 0.416 e. The number of alkyl halides is 5. The van der Waals surface area contributed by atoms with Crippen molar-refractivity contribution in [3.63, 3.8) is 0 Å². The summed E-state index contributed by atoms with van der Waals surface area (Å²) in [5.74, 6) is 0.553. The van der Waals surface area contributed by atoms with Gasteiger partial charge in [-0.05, 0) is 31.2 Å². The van der Waals surface area contributed by atoms with E-state index >= 15 is 0 Å². The van der Waals surface area contributed by atoms with Crippen LogP contribution in [0.2, 0.25) is 5.02 Å². The molecule has 1 N–H and O–H groups in total. The lowest BCUT2D eigenvalue weighted by Crippen LogP contribution is -2.16. The zero-order valence-electron chi connectivity index (χ0n) is 16.6. The second-order valence-electron chi connectivity index (χ2n) is 6.70. The van der Waals surface area contributed by atoms with E-state index in [4.69, 9.17) is 11.6 Å². The van der Waals surface area contributed by atoms with Crippen molar-refractivity contribution in [2.24, 2.45) is 0 Å². The Morgan fingerprint density at radius 2 is 1.85 bits per heavy atom. The lowest BCUT2D eigenvalue weighted by atomic mass is 10.1. The number of hydrogen-bond donors (Lipinski definition) is 1. The SMILES string of the molecule is CC(Nc1ncnc2c(Cl)cc(C(F)(F)F)cc12)c1ncnn1-c1ccc(OC(F)F)cn1. The molecule has 1 unspecified atom stereocenters. The van der Waals surface area contributed by atoms with E-state index in [0.717, 1.165) is 18.3 Å². The molecule has 0 fully saturated rings. The van der Waals surface area contributed by atoms with E-state index in [1.807, 2.05) is 0 Å². The van der Waals surface area contributed by atoms with E-state index in [2.05, 4.69) is 35.1 Å². The number of halogens is 6. The van der Waals surface area contributed by atoms with E-state index in [1.165, 1.54) is 29.5 Å². The number of hydrogen-bond acceptors (Lipinski definition) is 7. The van der Waals surface area contributed by atoms with Gasteiger partial charge >= 0.3 is 12.8 Å². The van der Waals surface area contributed by atoms with Crippen molar-refractivity contribution in [3.05, 3.63) is 59.5 Å². The highest BCUT2D eigenvalue weighted by Crippen LogP contribution is 2.36. The van der Waals surface area contributed by atoms with Gasteiger partial charge in [0, 0.05) is 5.39 Å². The fraction of sp³-hybridized carbons (Fsp3) is 0.211. The molecular formula is C19H13ClF5N7O. The average Bonchev–Trinajstić information content (AvgIpc) is 3.24. The number of ether oxygens (including phenoxy) is 1. The third kappa shape index (κ3) is 4.77. The third-order valence-electron chi connectivity index (χ3n) is 4.50. The molecule has 14 heteroatoms. The molecule has 4 rings (SSSR count). The van der Waals surface area contributed by atoms with E-state index in [-0.39, 0.29) is 33.3 Å². The monoisotopic (exact) mass is 485 g/mol. The number of benzene rings is 1. The molecular weight excluding hydrogens is 473 g/mol. The summed E-state index contributed by atoms with van der Waals surface area (Å²) < 4.78 is 70.0. The van der Waals surface area contributed by atoms with Crippen molar-refractivity contribution in [2.45, 2.75) is 25.8 Å². The Bertz CT molecular complexity index is 1280. The number of pyridine rings is 1. The third-order valence-corrected chi connectivity index (χ3v) is 4.79. The number of nitrogens with one attached hydrogen (secondary N) is 1. The summed E-state index contributed by atoms with van der Waals surface area (Å²) in [5, 5.41) is 6.96. The highest BCUT2D eigenvalue weighted by molar-refractivity contribution is 6.35. The fourth-order valence-corrected chi connectivity index (χ4v) is 3.33. The topological polar surface area (TPSA) is 90.6 Å². The van der Waals surface area contributed by atoms with Crippen LogP contribution in [-0.4, -0.2) is 36.3 Å². The van der Waals surface area contributed by atoms with Gasteiger partial charge in [0.2, 0.25) is 0 Å². The highest BCUT2D eigenvalue weighted by Gasteiger charge is 2.32. The van der Waals surface area contributed by atoms with Gasteiger partial charge in [0.25, 0.3) is 0 Å². The lowest BCUT2D eigenvalue weighted by molar-refractivity contribution is -0.137. The summed E-state index contributed by atoms with van der Waals surface area (Å²) in [6, 6.07) is 3.78. The summed E-state index contributed by atoms with van der Waals surface area (Å²) >= 11 is 6.02. The van der Waals surface area contributed by atoms with Crippen LogP contribution in [0.25, 0.3) is 16.7 Å². The highest BCUT2D eigenvalue weighted by atomic mass is 35.5. The van der Waals surface area contributed by atoms with E-state index in [0.29, 0.717) is 5.82 Å². The van der Waals surface area contributed by atoms with Crippen molar-refractivity contribution < 1.29 is 26.7 Å². The van der Waals surface area contributed by atoms with Crippen LogP contribution in [0.4, 0.5) is 27.8 Å². The summed E-state index contributed by atoms with van der Waals surface area (Å²) in [4.78, 5) is 16.2. The summed E-state index contributed by atoms with van der Waals surface area (Å²) in [7, 11) is 0. The molecule has 0 spiro atoms. The van der Waals surface area contributed by atoms with Crippen molar-refractivity contribution >= 4 is 28.3 Å². The molecule has 1 atom stereocenters. The number of anilines is 1. The molecule has 0 bridgehead atoms. The van der Waals surface area contributed by atoms with Gasteiger partial charge in [-0.2, -0.15) is 31.7 Å². The molecule has 0 aliphatic carbocycles. The van der Waals surface area contributed by atoms with Gasteiger partial charge in [-0.3, -0.25) is 0 Å². The first kappa shape index (κ1) is 22.6. The van der Waals surface area contributed by atoms with Crippen LogP contribution in [0.3, 0.4) is 0 Å². The molecule has 0 aliphatic rings. The summed E-state index contributed by atoms with van der Waals surface area (Å²) in [5.41, 5.74) is -0.795. The molecule has 1 aromatic carbocycles. The molecule has 0 amide bonds. The van der Waals surface area contributed by atoms with Crippen LogP contribution >= 0.6 is 11.6 Å². The predicted molar refractivity (Wildman–Crippen MR) is 107 cm³/mol. The maximum Gasteiger partial charge on any atom is 0.416 e. The van der Waals surface area contributed by atoms with Crippen molar-refractivity contribution in [1.29, 1.82) is 0 Å². The zero-order chi connectivity index (χ0) is 23.8. The first-order valence-corrected chi connectivity index (χ1v) is 9.60. The van der Waals surface area contributed by atoms with Gasteiger partial charge in [-0.25, -0.2) is 19.9 Å². The van der Waals surface area contributed by atoms with E-state index < -0.39 is 24.4 Å². The average molecular weight is 486 g/mol. The molecule has 0 saturated heterocycles. The van der Waals surface area contributed by atoms with Gasteiger partial charge < -0.3 is 10.1 Å². The number of rotatable bonds is 6. The van der Waals surface area contributed by atoms with Crippen LogP contribution in [0, 0.1) is 0 Å². The molecule has 33 heavy (non-hydrogen) atoms. The normalized spacial score (nSPS) is 12.8. The van der Waals surface area contributed by atoms with Crippen LogP contribution in [0.5, 0.6) is 5.75 Å². The largest absolute Gasteiger partial charge is 0.433 e. The van der Waals surface area contributed by atoms with E-state index in [1.54, 1.807) is 6.92 Å². The van der Waals surface area contributed by atoms with Crippen LogP contribution in [0.1, 0.15) is 24.4 Å². The van der Waals surface area contributed by atoms with E-state index in [9.17, 15) is 22.0 Å². The predicted octanol–water partition coefficient (Wildman–Crippen LogP) is 5.05. The Kier molecular flexibility index (Phi) is 5.97. The second kappa shape index (κ2) is 8.73. The second-order valence-corrected chi connectivity index (χ2v) is 7.11. The standard InChI is InChI=1S/C19H13ClF5N7O/c1-9(17-29-8-30-32(17)14-3-2-11(6-26-14)33-18(21)22)31-16-12-4-10(19(23,24)25)5-13(20)15(12)27-7-28-16/h2-9,18H,1H3,(H,27,28,31). The van der Waals surface area contributed by atoms with Crippen molar-refractivity contribution in [3.8, 4) is 11.6 Å². The van der Waals surface area contributed by atoms with Gasteiger partial charge in [0.05, 0.1) is 28.3 Å². The fourth-order valence-electron chi connectivity index (χ4n) is 3.07. The number of fused-ring (bicyclic) bond motifs is 1. The molecule has 0 saturated carbocycles. The zero-order valence-corrected chi connectivity index (χ0v) is 17.3. The number of aromatic nitrogens is 6.